The van der Waals surface area contributed by atoms with E-state index in [4.69, 9.17) is 4.42 Å². The van der Waals surface area contributed by atoms with Crippen LogP contribution in [0.1, 0.15) is 24.6 Å². The van der Waals surface area contributed by atoms with Crippen LogP contribution in [0.2, 0.25) is 0 Å². The number of non-ortho nitro benzene ring substituents is 1. The van der Waals surface area contributed by atoms with Gasteiger partial charge in [0, 0.05) is 30.1 Å². The Bertz CT molecular complexity index is 628. The first-order chi connectivity index (χ1) is 10.1. The second kappa shape index (κ2) is 7.12. The Hall–Kier alpha value is -2.02. The Kier molecular flexibility index (Phi) is 5.21. The Balaban J connectivity index is 2.16. The predicted octanol–water partition coefficient (Wildman–Crippen LogP) is 4.01. The van der Waals surface area contributed by atoms with Crippen molar-refractivity contribution in [2.45, 2.75) is 31.2 Å². The Labute approximate surface area is 127 Å². The minimum atomic E-state index is -0.382. The summed E-state index contributed by atoms with van der Waals surface area (Å²) in [5.74, 6) is 0.563. The predicted molar refractivity (Wildman–Crippen MR) is 82.7 cm³/mol. The summed E-state index contributed by atoms with van der Waals surface area (Å²) in [7, 11) is 0. The summed E-state index contributed by atoms with van der Waals surface area (Å²) in [6, 6.07) is 4.87. The number of anilines is 1. The van der Waals surface area contributed by atoms with Crippen molar-refractivity contribution < 1.29 is 9.34 Å². The number of nitrogens with one attached hydrogen (secondary N) is 1. The lowest BCUT2D eigenvalue weighted by molar-refractivity contribution is -0.384. The van der Waals surface area contributed by atoms with E-state index in [0.29, 0.717) is 11.0 Å². The molecule has 0 bridgehead atoms. The van der Waals surface area contributed by atoms with Gasteiger partial charge in [-0.15, -0.1) is 0 Å². The lowest BCUT2D eigenvalue weighted by atomic mass is 10.1. The fourth-order valence-corrected chi connectivity index (χ4v) is 2.63. The van der Waals surface area contributed by atoms with Gasteiger partial charge < -0.3 is 9.73 Å². The molecule has 2 aromatic rings. The molecule has 0 fully saturated rings. The zero-order valence-electron chi connectivity index (χ0n) is 12.0. The summed E-state index contributed by atoms with van der Waals surface area (Å²) in [5.41, 5.74) is 2.70. The number of hydrogen-bond donors (Lipinski definition) is 1. The topological polar surface area (TPSA) is 81.2 Å². The number of nitro groups is 1. The summed E-state index contributed by atoms with van der Waals surface area (Å²) in [5, 5.41) is 14.8. The molecule has 112 valence electrons. The van der Waals surface area contributed by atoms with Crippen molar-refractivity contribution in [1.29, 1.82) is 0 Å². The van der Waals surface area contributed by atoms with Crippen LogP contribution in [-0.2, 0) is 5.75 Å². The lowest BCUT2D eigenvalue weighted by Crippen LogP contribution is -2.03. The Morgan fingerprint density at radius 3 is 2.90 bits per heavy atom. The average molecular weight is 307 g/mol. The number of aromatic nitrogens is 1. The van der Waals surface area contributed by atoms with Crippen LogP contribution in [0.25, 0.3) is 0 Å². The maximum Gasteiger partial charge on any atom is 0.269 e. The number of aryl methyl sites for hydroxylation is 1. The quantitative estimate of drug-likeness (QED) is 0.473. The number of rotatable bonds is 7. The molecule has 0 radical (unpaired) electrons. The van der Waals surface area contributed by atoms with Crippen LogP contribution >= 0.6 is 11.8 Å². The SMILES string of the molecule is CCCNc1ccc([N+](=O)[O-])cc1CSc1nc(C)co1. The standard InChI is InChI=1S/C14H17N3O3S/c1-3-6-15-13-5-4-12(17(18)19)7-11(13)9-21-14-16-10(2)8-20-14/h4-5,7-8,15H,3,6,9H2,1-2H3. The van der Waals surface area contributed by atoms with E-state index >= 15 is 0 Å². The molecule has 21 heavy (non-hydrogen) atoms. The minimum absolute atomic E-state index is 0.0937. The number of hydrogen-bond acceptors (Lipinski definition) is 6. The van der Waals surface area contributed by atoms with E-state index in [-0.39, 0.29) is 10.6 Å². The zero-order chi connectivity index (χ0) is 15.2. The Morgan fingerprint density at radius 1 is 1.48 bits per heavy atom. The van der Waals surface area contributed by atoms with E-state index < -0.39 is 0 Å². The summed E-state index contributed by atoms with van der Waals surface area (Å²) in [4.78, 5) is 14.7. The molecule has 0 aliphatic rings. The highest BCUT2D eigenvalue weighted by atomic mass is 32.2. The van der Waals surface area contributed by atoms with Crippen LogP contribution in [0.3, 0.4) is 0 Å². The van der Waals surface area contributed by atoms with Gasteiger partial charge >= 0.3 is 0 Å². The molecule has 0 amide bonds. The lowest BCUT2D eigenvalue weighted by Gasteiger charge is -2.10. The van der Waals surface area contributed by atoms with Crippen LogP contribution in [0.4, 0.5) is 11.4 Å². The highest BCUT2D eigenvalue weighted by Crippen LogP contribution is 2.29. The van der Waals surface area contributed by atoms with Crippen molar-refractivity contribution in [3.05, 3.63) is 45.8 Å². The maximum atomic E-state index is 10.9. The smallest absolute Gasteiger partial charge is 0.269 e. The first-order valence-electron chi connectivity index (χ1n) is 6.66. The largest absolute Gasteiger partial charge is 0.440 e. The van der Waals surface area contributed by atoms with Crippen molar-refractivity contribution in [3.63, 3.8) is 0 Å². The number of nitro benzene ring substituents is 1. The number of thioether (sulfide) groups is 1. The van der Waals surface area contributed by atoms with E-state index in [2.05, 4.69) is 17.2 Å². The molecule has 0 aliphatic carbocycles. The summed E-state index contributed by atoms with van der Waals surface area (Å²) in [6.45, 7) is 4.76. The summed E-state index contributed by atoms with van der Waals surface area (Å²) < 4.78 is 5.28. The summed E-state index contributed by atoms with van der Waals surface area (Å²) >= 11 is 1.42. The number of oxazole rings is 1. The van der Waals surface area contributed by atoms with Crippen molar-refractivity contribution in [2.24, 2.45) is 0 Å². The second-order valence-electron chi connectivity index (χ2n) is 4.57. The molecule has 1 aromatic heterocycles. The average Bonchev–Trinajstić information content (AvgIpc) is 2.88. The van der Waals surface area contributed by atoms with Crippen LogP contribution < -0.4 is 5.32 Å². The molecule has 1 heterocycles. The van der Waals surface area contributed by atoms with Crippen LogP contribution in [-0.4, -0.2) is 16.5 Å². The van der Waals surface area contributed by atoms with Gasteiger partial charge in [0.1, 0.15) is 6.26 Å². The fourth-order valence-electron chi connectivity index (χ4n) is 1.78. The molecule has 0 unspecified atom stereocenters. The molecule has 0 spiro atoms. The molecule has 6 nitrogen and oxygen atoms in total. The zero-order valence-corrected chi connectivity index (χ0v) is 12.8. The third kappa shape index (κ3) is 4.22. The van der Waals surface area contributed by atoms with Crippen molar-refractivity contribution in [3.8, 4) is 0 Å². The normalized spacial score (nSPS) is 10.6. The molecule has 0 saturated carbocycles. The second-order valence-corrected chi connectivity index (χ2v) is 5.50. The fraction of sp³-hybridized carbons (Fsp3) is 0.357. The van der Waals surface area contributed by atoms with E-state index in [1.807, 2.05) is 6.92 Å². The first kappa shape index (κ1) is 15.4. The molecule has 0 saturated heterocycles. The third-order valence-electron chi connectivity index (χ3n) is 2.81. The van der Waals surface area contributed by atoms with Crippen molar-refractivity contribution in [2.75, 3.05) is 11.9 Å². The van der Waals surface area contributed by atoms with Gasteiger partial charge in [0.05, 0.1) is 10.6 Å². The van der Waals surface area contributed by atoms with Gasteiger partial charge in [0.15, 0.2) is 0 Å². The van der Waals surface area contributed by atoms with Crippen molar-refractivity contribution >= 4 is 23.1 Å². The van der Waals surface area contributed by atoms with E-state index in [1.165, 1.54) is 17.8 Å². The highest BCUT2D eigenvalue weighted by Gasteiger charge is 2.12. The van der Waals surface area contributed by atoms with Gasteiger partial charge in [-0.1, -0.05) is 18.7 Å². The monoisotopic (exact) mass is 307 g/mol. The molecule has 1 aromatic carbocycles. The van der Waals surface area contributed by atoms with E-state index in [0.717, 1.165) is 29.9 Å². The van der Waals surface area contributed by atoms with Crippen LogP contribution in [0.5, 0.6) is 0 Å². The minimum Gasteiger partial charge on any atom is -0.440 e. The molecule has 7 heteroatoms. The van der Waals surface area contributed by atoms with Crippen molar-refractivity contribution in [1.82, 2.24) is 4.98 Å². The van der Waals surface area contributed by atoms with Gasteiger partial charge in [-0.05, 0) is 25.0 Å². The van der Waals surface area contributed by atoms with E-state index in [1.54, 1.807) is 18.4 Å². The van der Waals surface area contributed by atoms with Crippen LogP contribution in [0, 0.1) is 17.0 Å². The number of nitrogens with zero attached hydrogens (tertiary/aromatic N) is 2. The number of benzene rings is 1. The molecule has 2 rings (SSSR count). The third-order valence-corrected chi connectivity index (χ3v) is 3.70. The Morgan fingerprint density at radius 2 is 2.29 bits per heavy atom. The van der Waals surface area contributed by atoms with Crippen LogP contribution in [0.15, 0.2) is 34.1 Å². The first-order valence-corrected chi connectivity index (χ1v) is 7.65. The highest BCUT2D eigenvalue weighted by molar-refractivity contribution is 7.98. The van der Waals surface area contributed by atoms with Gasteiger partial charge in [0.2, 0.25) is 0 Å². The molecular weight excluding hydrogens is 290 g/mol. The molecule has 0 aliphatic heterocycles. The molecular formula is C14H17N3O3S. The van der Waals surface area contributed by atoms with Gasteiger partial charge in [-0.25, -0.2) is 4.98 Å². The molecule has 0 atom stereocenters. The van der Waals surface area contributed by atoms with Gasteiger partial charge in [0.25, 0.3) is 10.9 Å². The maximum absolute atomic E-state index is 10.9. The van der Waals surface area contributed by atoms with E-state index in [9.17, 15) is 10.1 Å². The van der Waals surface area contributed by atoms with Gasteiger partial charge in [-0.2, -0.15) is 0 Å². The van der Waals surface area contributed by atoms with Gasteiger partial charge in [-0.3, -0.25) is 10.1 Å². The summed E-state index contributed by atoms with van der Waals surface area (Å²) in [6.07, 6.45) is 2.58. The molecule has 1 N–H and O–H groups in total.